The van der Waals surface area contributed by atoms with Crippen molar-refractivity contribution in [2.75, 3.05) is 0 Å². The molecule has 2 heteroatoms. The Labute approximate surface area is 79.3 Å². The maximum atomic E-state index is 6.22. The summed E-state index contributed by atoms with van der Waals surface area (Å²) >= 11 is 12.4. The standard InChI is InChI=1S/C9H16Cl2/c1-5-4-8(10)6(2)7(3)9(5)11/h5-9H,4H2,1-3H3/t5-,6-,7+,8-,9+/m1/s1. The van der Waals surface area contributed by atoms with Crippen LogP contribution < -0.4 is 0 Å². The average Bonchev–Trinajstić information content (AvgIpc) is 1.97. The molecule has 1 rings (SSSR count). The molecule has 1 saturated carbocycles. The first-order valence-electron chi connectivity index (χ1n) is 4.32. The summed E-state index contributed by atoms with van der Waals surface area (Å²) in [5.41, 5.74) is 0. The van der Waals surface area contributed by atoms with Gasteiger partial charge in [0.2, 0.25) is 0 Å². The number of halogens is 2. The summed E-state index contributed by atoms with van der Waals surface area (Å²) in [6, 6.07) is 0. The molecule has 0 spiro atoms. The topological polar surface area (TPSA) is 0 Å². The van der Waals surface area contributed by atoms with Crippen LogP contribution in [0.15, 0.2) is 0 Å². The summed E-state index contributed by atoms with van der Waals surface area (Å²) < 4.78 is 0. The lowest BCUT2D eigenvalue weighted by molar-refractivity contribution is 0.232. The lowest BCUT2D eigenvalue weighted by Gasteiger charge is -2.38. The van der Waals surface area contributed by atoms with E-state index in [-0.39, 0.29) is 0 Å². The number of rotatable bonds is 0. The zero-order valence-corrected chi connectivity index (χ0v) is 8.86. The number of hydrogen-bond donors (Lipinski definition) is 0. The molecule has 1 aliphatic carbocycles. The van der Waals surface area contributed by atoms with Crippen molar-refractivity contribution in [2.24, 2.45) is 17.8 Å². The molecule has 0 saturated heterocycles. The lowest BCUT2D eigenvalue weighted by atomic mass is 9.76. The molecular formula is C9H16Cl2. The number of alkyl halides is 2. The van der Waals surface area contributed by atoms with Gasteiger partial charge in [-0.1, -0.05) is 20.8 Å². The van der Waals surface area contributed by atoms with Gasteiger partial charge in [-0.25, -0.2) is 0 Å². The minimum Gasteiger partial charge on any atom is -0.123 e. The van der Waals surface area contributed by atoms with Gasteiger partial charge in [-0.3, -0.25) is 0 Å². The SMILES string of the molecule is C[C@@H]1[C@H](C)[C@@H](Cl)[C@H](C)C[C@H]1Cl. The summed E-state index contributed by atoms with van der Waals surface area (Å²) in [5.74, 6) is 1.70. The maximum absolute atomic E-state index is 6.22. The largest absolute Gasteiger partial charge is 0.123 e. The van der Waals surface area contributed by atoms with Crippen LogP contribution in [0.3, 0.4) is 0 Å². The van der Waals surface area contributed by atoms with Gasteiger partial charge in [-0.15, -0.1) is 23.2 Å². The molecule has 0 radical (unpaired) electrons. The van der Waals surface area contributed by atoms with Crippen LogP contribution in [0.25, 0.3) is 0 Å². The predicted molar refractivity (Wildman–Crippen MR) is 51.4 cm³/mol. The van der Waals surface area contributed by atoms with Crippen molar-refractivity contribution in [3.05, 3.63) is 0 Å². The summed E-state index contributed by atoms with van der Waals surface area (Å²) in [6.45, 7) is 6.59. The Morgan fingerprint density at radius 2 is 1.55 bits per heavy atom. The molecule has 1 fully saturated rings. The Balaban J connectivity index is 2.63. The van der Waals surface area contributed by atoms with E-state index in [9.17, 15) is 0 Å². The third-order valence-corrected chi connectivity index (χ3v) is 4.45. The fourth-order valence-corrected chi connectivity index (χ4v) is 2.68. The normalized spacial score (nSPS) is 52.6. The molecule has 0 nitrogen and oxygen atoms in total. The van der Waals surface area contributed by atoms with Crippen molar-refractivity contribution in [3.63, 3.8) is 0 Å². The second-order valence-electron chi connectivity index (χ2n) is 3.89. The van der Waals surface area contributed by atoms with Gasteiger partial charge in [0.1, 0.15) is 0 Å². The van der Waals surface area contributed by atoms with E-state index in [1.54, 1.807) is 0 Å². The van der Waals surface area contributed by atoms with Gasteiger partial charge in [-0.05, 0) is 24.2 Å². The molecule has 0 bridgehead atoms. The molecule has 5 atom stereocenters. The van der Waals surface area contributed by atoms with Gasteiger partial charge in [0.15, 0.2) is 0 Å². The van der Waals surface area contributed by atoms with Gasteiger partial charge in [0.25, 0.3) is 0 Å². The van der Waals surface area contributed by atoms with Gasteiger partial charge in [0, 0.05) is 10.8 Å². The predicted octanol–water partition coefficient (Wildman–Crippen LogP) is 3.51. The van der Waals surface area contributed by atoms with Crippen LogP contribution in [0.1, 0.15) is 27.2 Å². The first kappa shape index (κ1) is 9.67. The Hall–Kier alpha value is 0.580. The third-order valence-electron chi connectivity index (χ3n) is 3.04. The Bertz CT molecular complexity index is 122. The summed E-state index contributed by atoms with van der Waals surface area (Å²) in [7, 11) is 0. The second kappa shape index (κ2) is 3.53. The Morgan fingerprint density at radius 3 is 2.09 bits per heavy atom. The van der Waals surface area contributed by atoms with E-state index in [0.29, 0.717) is 28.5 Å². The Morgan fingerprint density at radius 1 is 1.00 bits per heavy atom. The van der Waals surface area contributed by atoms with Crippen LogP contribution in [-0.2, 0) is 0 Å². The third kappa shape index (κ3) is 1.84. The zero-order chi connectivity index (χ0) is 8.59. The molecule has 0 aromatic rings. The highest BCUT2D eigenvalue weighted by atomic mass is 35.5. The number of hydrogen-bond acceptors (Lipinski definition) is 0. The van der Waals surface area contributed by atoms with Crippen molar-refractivity contribution in [2.45, 2.75) is 37.9 Å². The van der Waals surface area contributed by atoms with Crippen LogP contribution in [0.4, 0.5) is 0 Å². The van der Waals surface area contributed by atoms with Crippen molar-refractivity contribution in [1.29, 1.82) is 0 Å². The van der Waals surface area contributed by atoms with Crippen LogP contribution >= 0.6 is 23.2 Å². The molecule has 0 aliphatic heterocycles. The van der Waals surface area contributed by atoms with E-state index in [0.717, 1.165) is 6.42 Å². The van der Waals surface area contributed by atoms with Crippen molar-refractivity contribution in [1.82, 2.24) is 0 Å². The molecule has 0 unspecified atom stereocenters. The van der Waals surface area contributed by atoms with E-state index in [4.69, 9.17) is 23.2 Å². The molecule has 11 heavy (non-hydrogen) atoms. The highest BCUT2D eigenvalue weighted by Gasteiger charge is 2.36. The highest BCUT2D eigenvalue weighted by molar-refractivity contribution is 6.22. The molecule has 0 amide bonds. The molecule has 0 N–H and O–H groups in total. The summed E-state index contributed by atoms with van der Waals surface area (Å²) in [4.78, 5) is 0. The molecule has 66 valence electrons. The molecule has 0 aromatic heterocycles. The van der Waals surface area contributed by atoms with Crippen molar-refractivity contribution in [3.8, 4) is 0 Å². The monoisotopic (exact) mass is 194 g/mol. The van der Waals surface area contributed by atoms with Gasteiger partial charge >= 0.3 is 0 Å². The zero-order valence-electron chi connectivity index (χ0n) is 7.35. The summed E-state index contributed by atoms with van der Waals surface area (Å²) in [5, 5.41) is 0.648. The van der Waals surface area contributed by atoms with Gasteiger partial charge in [-0.2, -0.15) is 0 Å². The van der Waals surface area contributed by atoms with Gasteiger partial charge in [0.05, 0.1) is 0 Å². The van der Waals surface area contributed by atoms with Crippen molar-refractivity contribution < 1.29 is 0 Å². The van der Waals surface area contributed by atoms with Gasteiger partial charge < -0.3 is 0 Å². The van der Waals surface area contributed by atoms with Crippen LogP contribution in [0, 0.1) is 17.8 Å². The highest BCUT2D eigenvalue weighted by Crippen LogP contribution is 2.39. The smallest absolute Gasteiger partial charge is 0.0390 e. The van der Waals surface area contributed by atoms with Crippen LogP contribution in [0.2, 0.25) is 0 Å². The minimum absolute atomic E-state index is 0.319. The van der Waals surface area contributed by atoms with Crippen molar-refractivity contribution >= 4 is 23.2 Å². The Kier molecular flexibility index (Phi) is 3.10. The first-order chi connectivity index (χ1) is 5.04. The summed E-state index contributed by atoms with van der Waals surface area (Å²) in [6.07, 6.45) is 1.07. The average molecular weight is 195 g/mol. The first-order valence-corrected chi connectivity index (χ1v) is 5.19. The van der Waals surface area contributed by atoms with E-state index < -0.39 is 0 Å². The van der Waals surface area contributed by atoms with E-state index in [1.807, 2.05) is 0 Å². The quantitative estimate of drug-likeness (QED) is 0.519. The van der Waals surface area contributed by atoms with Crippen LogP contribution in [-0.4, -0.2) is 10.8 Å². The second-order valence-corrected chi connectivity index (χ2v) is 4.96. The van der Waals surface area contributed by atoms with E-state index >= 15 is 0 Å². The fourth-order valence-electron chi connectivity index (χ4n) is 1.84. The molecular weight excluding hydrogens is 179 g/mol. The maximum Gasteiger partial charge on any atom is 0.0390 e. The lowest BCUT2D eigenvalue weighted by Crippen LogP contribution is -2.37. The fraction of sp³-hybridized carbons (Fsp3) is 1.00. The molecule has 0 heterocycles. The molecule has 1 aliphatic rings. The van der Waals surface area contributed by atoms with E-state index in [1.165, 1.54) is 0 Å². The van der Waals surface area contributed by atoms with E-state index in [2.05, 4.69) is 20.8 Å². The minimum atomic E-state index is 0.319. The molecule has 0 aromatic carbocycles. The van der Waals surface area contributed by atoms with Crippen LogP contribution in [0.5, 0.6) is 0 Å².